The fraction of sp³-hybridized carbons (Fsp3) is 0.500. The molecule has 5 heteroatoms. The highest BCUT2D eigenvalue weighted by molar-refractivity contribution is 9.11. The standard InChI is InChI=1S/C16H22Br2N2O/c1-2-7-19-16-11(8-12(17)9-15(16)18)10-20-13-3-5-14(21)6-4-13/h2,8-9,13-14,19-21H,1,3-7,10H2. The van der Waals surface area contributed by atoms with Gasteiger partial charge in [-0.1, -0.05) is 22.0 Å². The normalized spacial score (nSPS) is 22.0. The van der Waals surface area contributed by atoms with Crippen molar-refractivity contribution in [3.05, 3.63) is 39.3 Å². The topological polar surface area (TPSA) is 44.3 Å². The van der Waals surface area contributed by atoms with E-state index in [0.29, 0.717) is 6.04 Å². The van der Waals surface area contributed by atoms with Gasteiger partial charge in [0.05, 0.1) is 11.8 Å². The number of nitrogens with one attached hydrogen (secondary N) is 2. The number of aliphatic hydroxyl groups excluding tert-OH is 1. The number of hydrogen-bond donors (Lipinski definition) is 3. The summed E-state index contributed by atoms with van der Waals surface area (Å²) in [5.74, 6) is 0. The summed E-state index contributed by atoms with van der Waals surface area (Å²) in [6.45, 7) is 5.31. The van der Waals surface area contributed by atoms with Crippen molar-refractivity contribution in [1.82, 2.24) is 5.32 Å². The van der Waals surface area contributed by atoms with Crippen molar-refractivity contribution in [2.45, 2.75) is 44.4 Å². The molecule has 1 aromatic carbocycles. The Balaban J connectivity index is 2.02. The molecule has 0 unspecified atom stereocenters. The Kier molecular flexibility index (Phi) is 6.74. The van der Waals surface area contributed by atoms with Gasteiger partial charge in [0.1, 0.15) is 0 Å². The maximum absolute atomic E-state index is 9.57. The molecule has 116 valence electrons. The maximum Gasteiger partial charge on any atom is 0.0541 e. The minimum Gasteiger partial charge on any atom is -0.393 e. The Morgan fingerprint density at radius 1 is 1.24 bits per heavy atom. The minimum atomic E-state index is -0.104. The van der Waals surface area contributed by atoms with E-state index in [1.54, 1.807) is 0 Å². The molecular weight excluding hydrogens is 396 g/mol. The number of hydrogen-bond acceptors (Lipinski definition) is 3. The third kappa shape index (κ3) is 5.09. The largest absolute Gasteiger partial charge is 0.393 e. The van der Waals surface area contributed by atoms with Crippen LogP contribution in [0.3, 0.4) is 0 Å². The summed E-state index contributed by atoms with van der Waals surface area (Å²) in [5.41, 5.74) is 2.34. The van der Waals surface area contributed by atoms with Gasteiger partial charge in [0.25, 0.3) is 0 Å². The lowest BCUT2D eigenvalue weighted by molar-refractivity contribution is 0.116. The zero-order valence-corrected chi connectivity index (χ0v) is 15.2. The van der Waals surface area contributed by atoms with Crippen molar-refractivity contribution in [1.29, 1.82) is 0 Å². The van der Waals surface area contributed by atoms with E-state index >= 15 is 0 Å². The van der Waals surface area contributed by atoms with Crippen molar-refractivity contribution < 1.29 is 5.11 Å². The van der Waals surface area contributed by atoms with Crippen LogP contribution in [-0.4, -0.2) is 23.8 Å². The number of halogens is 2. The zero-order chi connectivity index (χ0) is 15.2. The number of rotatable bonds is 6. The first kappa shape index (κ1) is 17.0. The predicted molar refractivity (Wildman–Crippen MR) is 95.6 cm³/mol. The second kappa shape index (κ2) is 8.32. The Hall–Kier alpha value is -0.360. The van der Waals surface area contributed by atoms with E-state index in [0.717, 1.165) is 53.4 Å². The van der Waals surface area contributed by atoms with Crippen LogP contribution in [0.4, 0.5) is 5.69 Å². The van der Waals surface area contributed by atoms with Crippen LogP contribution in [0.15, 0.2) is 33.7 Å². The predicted octanol–water partition coefficient (Wildman–Crippen LogP) is 4.20. The molecule has 0 heterocycles. The lowest BCUT2D eigenvalue weighted by Gasteiger charge is -2.27. The first-order chi connectivity index (χ1) is 10.1. The Morgan fingerprint density at radius 3 is 2.62 bits per heavy atom. The van der Waals surface area contributed by atoms with Gasteiger partial charge in [-0.25, -0.2) is 0 Å². The first-order valence-electron chi connectivity index (χ1n) is 7.34. The van der Waals surface area contributed by atoms with Crippen LogP contribution in [0.2, 0.25) is 0 Å². The molecule has 3 nitrogen and oxygen atoms in total. The average molecular weight is 418 g/mol. The van der Waals surface area contributed by atoms with E-state index < -0.39 is 0 Å². The SMILES string of the molecule is C=CCNc1c(Br)cc(Br)cc1CNC1CCC(O)CC1. The molecule has 0 atom stereocenters. The molecule has 0 amide bonds. The van der Waals surface area contributed by atoms with Crippen LogP contribution in [0.1, 0.15) is 31.2 Å². The zero-order valence-electron chi connectivity index (χ0n) is 12.0. The van der Waals surface area contributed by atoms with Crippen molar-refractivity contribution in [3.63, 3.8) is 0 Å². The highest BCUT2D eigenvalue weighted by Gasteiger charge is 2.19. The second-order valence-electron chi connectivity index (χ2n) is 5.48. The van der Waals surface area contributed by atoms with Crippen LogP contribution >= 0.6 is 31.9 Å². The molecule has 1 aliphatic rings. The fourth-order valence-corrected chi connectivity index (χ4v) is 4.13. The monoisotopic (exact) mass is 416 g/mol. The quantitative estimate of drug-likeness (QED) is 0.607. The molecule has 1 fully saturated rings. The van der Waals surface area contributed by atoms with E-state index in [4.69, 9.17) is 0 Å². The van der Waals surface area contributed by atoms with E-state index in [2.05, 4.69) is 55.1 Å². The Morgan fingerprint density at radius 2 is 1.95 bits per heavy atom. The fourth-order valence-electron chi connectivity index (χ4n) is 2.67. The molecule has 0 spiro atoms. The van der Waals surface area contributed by atoms with Gasteiger partial charge in [-0.3, -0.25) is 0 Å². The smallest absolute Gasteiger partial charge is 0.0541 e. The highest BCUT2D eigenvalue weighted by Crippen LogP contribution is 2.31. The van der Waals surface area contributed by atoms with E-state index in [9.17, 15) is 5.11 Å². The summed E-state index contributed by atoms with van der Waals surface area (Å²) in [6.07, 6.45) is 5.65. The second-order valence-corrected chi connectivity index (χ2v) is 7.25. The average Bonchev–Trinajstić information content (AvgIpc) is 2.45. The lowest BCUT2D eigenvalue weighted by Crippen LogP contribution is -2.34. The van der Waals surface area contributed by atoms with Gasteiger partial charge in [0, 0.05) is 28.1 Å². The van der Waals surface area contributed by atoms with Gasteiger partial charge in [0.15, 0.2) is 0 Å². The number of benzene rings is 1. The Bertz CT molecular complexity index is 485. The molecule has 0 saturated heterocycles. The molecule has 3 N–H and O–H groups in total. The van der Waals surface area contributed by atoms with Crippen LogP contribution < -0.4 is 10.6 Å². The van der Waals surface area contributed by atoms with E-state index in [1.807, 2.05) is 12.1 Å². The summed E-state index contributed by atoms with van der Waals surface area (Å²) in [6, 6.07) is 4.69. The van der Waals surface area contributed by atoms with Crippen molar-refractivity contribution in [3.8, 4) is 0 Å². The molecule has 0 bridgehead atoms. The van der Waals surface area contributed by atoms with Crippen LogP contribution in [-0.2, 0) is 6.54 Å². The molecule has 21 heavy (non-hydrogen) atoms. The van der Waals surface area contributed by atoms with Gasteiger partial charge in [-0.15, -0.1) is 6.58 Å². The Labute approximate surface area is 143 Å². The van der Waals surface area contributed by atoms with Gasteiger partial charge in [-0.05, 0) is 59.3 Å². The van der Waals surface area contributed by atoms with Crippen LogP contribution in [0.5, 0.6) is 0 Å². The molecule has 1 aromatic rings. The van der Waals surface area contributed by atoms with E-state index in [1.165, 1.54) is 5.56 Å². The summed E-state index contributed by atoms with van der Waals surface area (Å²) in [7, 11) is 0. The highest BCUT2D eigenvalue weighted by atomic mass is 79.9. The minimum absolute atomic E-state index is 0.104. The maximum atomic E-state index is 9.57. The van der Waals surface area contributed by atoms with Gasteiger partial charge in [-0.2, -0.15) is 0 Å². The molecule has 2 rings (SSSR count). The lowest BCUT2D eigenvalue weighted by atomic mass is 9.93. The van der Waals surface area contributed by atoms with Gasteiger partial charge < -0.3 is 15.7 Å². The molecule has 1 saturated carbocycles. The molecule has 0 radical (unpaired) electrons. The van der Waals surface area contributed by atoms with Gasteiger partial charge in [0.2, 0.25) is 0 Å². The van der Waals surface area contributed by atoms with E-state index in [-0.39, 0.29) is 6.10 Å². The van der Waals surface area contributed by atoms with Crippen LogP contribution in [0.25, 0.3) is 0 Å². The molecule has 1 aliphatic carbocycles. The molecule has 0 aliphatic heterocycles. The van der Waals surface area contributed by atoms with Crippen LogP contribution in [0, 0.1) is 0 Å². The van der Waals surface area contributed by atoms with Crippen molar-refractivity contribution in [2.24, 2.45) is 0 Å². The molecule has 0 aromatic heterocycles. The number of aliphatic hydroxyl groups is 1. The van der Waals surface area contributed by atoms with Crippen molar-refractivity contribution in [2.75, 3.05) is 11.9 Å². The summed E-state index contributed by atoms with van der Waals surface area (Å²) in [5, 5.41) is 16.6. The summed E-state index contributed by atoms with van der Waals surface area (Å²) in [4.78, 5) is 0. The van der Waals surface area contributed by atoms with Crippen molar-refractivity contribution >= 4 is 37.5 Å². The molecular formula is C16H22Br2N2O. The summed E-state index contributed by atoms with van der Waals surface area (Å²) < 4.78 is 2.11. The first-order valence-corrected chi connectivity index (χ1v) is 8.93. The third-order valence-corrected chi connectivity index (χ3v) is 4.92. The van der Waals surface area contributed by atoms with Gasteiger partial charge >= 0.3 is 0 Å². The third-order valence-electron chi connectivity index (χ3n) is 3.84. The number of anilines is 1. The summed E-state index contributed by atoms with van der Waals surface area (Å²) >= 11 is 7.16.